The number of imidazole rings is 1. The Balaban J connectivity index is 1.57. The van der Waals surface area contributed by atoms with Gasteiger partial charge < -0.3 is 25.0 Å². The lowest BCUT2D eigenvalue weighted by Crippen LogP contribution is -2.39. The average Bonchev–Trinajstić information content (AvgIpc) is 3.27. The van der Waals surface area contributed by atoms with Crippen LogP contribution in [0.5, 0.6) is 5.75 Å². The summed E-state index contributed by atoms with van der Waals surface area (Å²) in [4.78, 5) is 9.14. The molecule has 3 rings (SSSR count). The molecule has 176 valence electrons. The quantitative estimate of drug-likeness (QED) is 0.307. The van der Waals surface area contributed by atoms with Crippen LogP contribution in [0.1, 0.15) is 43.8 Å². The van der Waals surface area contributed by atoms with Gasteiger partial charge in [-0.25, -0.2) is 9.98 Å². The van der Waals surface area contributed by atoms with E-state index in [2.05, 4.69) is 49.4 Å². The van der Waals surface area contributed by atoms with E-state index in [0.29, 0.717) is 19.0 Å². The number of benzene rings is 2. The predicted octanol–water partition coefficient (Wildman–Crippen LogP) is 3.70. The Morgan fingerprint density at radius 2 is 1.94 bits per heavy atom. The third kappa shape index (κ3) is 7.95. The second-order valence-corrected chi connectivity index (χ2v) is 8.10. The highest BCUT2D eigenvalue weighted by Gasteiger charge is 2.11. The van der Waals surface area contributed by atoms with Gasteiger partial charge in [-0.05, 0) is 50.5 Å². The van der Waals surface area contributed by atoms with Gasteiger partial charge in [0.2, 0.25) is 0 Å². The molecule has 0 spiro atoms. The fraction of sp³-hybridized carbons (Fsp3) is 0.385. The first-order valence-corrected chi connectivity index (χ1v) is 11.6. The smallest absolute Gasteiger partial charge is 0.191 e. The van der Waals surface area contributed by atoms with E-state index in [4.69, 9.17) is 4.74 Å². The molecule has 2 aromatic carbocycles. The van der Waals surface area contributed by atoms with Crippen LogP contribution in [-0.2, 0) is 19.5 Å². The lowest BCUT2D eigenvalue weighted by molar-refractivity contribution is 0.179. The van der Waals surface area contributed by atoms with Gasteiger partial charge in [0.15, 0.2) is 5.96 Å². The lowest BCUT2D eigenvalue weighted by atomic mass is 10.1. The first-order chi connectivity index (χ1) is 16.0. The molecule has 0 aliphatic rings. The van der Waals surface area contributed by atoms with Gasteiger partial charge >= 0.3 is 0 Å². The van der Waals surface area contributed by atoms with E-state index in [1.165, 1.54) is 5.56 Å². The van der Waals surface area contributed by atoms with E-state index in [1.54, 1.807) is 0 Å². The molecule has 1 atom stereocenters. The first-order valence-electron chi connectivity index (χ1n) is 11.6. The Labute approximate surface area is 196 Å². The van der Waals surface area contributed by atoms with Gasteiger partial charge in [0.05, 0.1) is 12.2 Å². The van der Waals surface area contributed by atoms with E-state index in [1.807, 2.05) is 63.5 Å². The maximum absolute atomic E-state index is 10.7. The molecule has 1 aromatic heterocycles. The highest BCUT2D eigenvalue weighted by atomic mass is 16.5. The molecule has 1 unspecified atom stereocenters. The third-order valence-electron chi connectivity index (χ3n) is 5.09. The summed E-state index contributed by atoms with van der Waals surface area (Å²) in [5.74, 6) is 2.30. The van der Waals surface area contributed by atoms with Crippen molar-refractivity contribution in [1.82, 2.24) is 20.2 Å². The first kappa shape index (κ1) is 24.3. The third-order valence-corrected chi connectivity index (χ3v) is 5.09. The molecule has 3 aromatic rings. The molecule has 0 radical (unpaired) electrons. The lowest BCUT2D eigenvalue weighted by Gasteiger charge is -2.17. The predicted molar refractivity (Wildman–Crippen MR) is 132 cm³/mol. The molecular weight excluding hydrogens is 414 g/mol. The second kappa shape index (κ2) is 12.6. The van der Waals surface area contributed by atoms with Crippen molar-refractivity contribution in [3.63, 3.8) is 0 Å². The fourth-order valence-electron chi connectivity index (χ4n) is 3.46. The summed E-state index contributed by atoms with van der Waals surface area (Å²) in [6.07, 6.45) is 4.15. The molecule has 7 nitrogen and oxygen atoms in total. The van der Waals surface area contributed by atoms with Gasteiger partial charge in [-0.15, -0.1) is 0 Å². The van der Waals surface area contributed by atoms with Crippen molar-refractivity contribution in [2.24, 2.45) is 4.99 Å². The number of aryl methyl sites for hydroxylation is 2. The number of nitrogens with one attached hydrogen (secondary N) is 2. The number of aliphatic hydroxyl groups excluding tert-OH is 1. The molecule has 3 N–H and O–H groups in total. The molecule has 0 aliphatic carbocycles. The maximum Gasteiger partial charge on any atom is 0.191 e. The van der Waals surface area contributed by atoms with Crippen LogP contribution in [0, 0.1) is 0 Å². The van der Waals surface area contributed by atoms with E-state index >= 15 is 0 Å². The molecule has 0 bridgehead atoms. The van der Waals surface area contributed by atoms with E-state index < -0.39 is 6.10 Å². The number of aliphatic imine (C=N–C) groups is 1. The summed E-state index contributed by atoms with van der Waals surface area (Å²) in [5, 5.41) is 17.1. The van der Waals surface area contributed by atoms with Crippen LogP contribution in [0.2, 0.25) is 0 Å². The standard InChI is InChI=1S/C26H35N5O2/c1-4-27-26(29-18-24(32)22-11-8-12-23(17-22)33-20(2)3)30-19-25-28-14-16-31(25)15-13-21-9-6-5-7-10-21/h5-12,14,16-17,20,24,32H,4,13,15,18-19H2,1-3H3,(H2,27,29,30). The van der Waals surface area contributed by atoms with Crippen molar-refractivity contribution in [1.29, 1.82) is 0 Å². The molecule has 1 heterocycles. The highest BCUT2D eigenvalue weighted by Crippen LogP contribution is 2.20. The monoisotopic (exact) mass is 449 g/mol. The Bertz CT molecular complexity index is 1000. The second-order valence-electron chi connectivity index (χ2n) is 8.10. The number of aromatic nitrogens is 2. The Morgan fingerprint density at radius 1 is 1.12 bits per heavy atom. The Hall–Kier alpha value is -3.32. The number of ether oxygens (including phenoxy) is 1. The zero-order valence-corrected chi connectivity index (χ0v) is 19.7. The molecule has 33 heavy (non-hydrogen) atoms. The van der Waals surface area contributed by atoms with E-state index in [-0.39, 0.29) is 6.10 Å². The highest BCUT2D eigenvalue weighted by molar-refractivity contribution is 5.79. The number of hydrogen-bond acceptors (Lipinski definition) is 4. The van der Waals surface area contributed by atoms with Crippen LogP contribution in [0.25, 0.3) is 0 Å². The minimum absolute atomic E-state index is 0.0863. The fourth-order valence-corrected chi connectivity index (χ4v) is 3.46. The number of nitrogens with zero attached hydrogens (tertiary/aromatic N) is 3. The summed E-state index contributed by atoms with van der Waals surface area (Å²) >= 11 is 0. The minimum Gasteiger partial charge on any atom is -0.491 e. The summed E-state index contributed by atoms with van der Waals surface area (Å²) in [5.41, 5.74) is 2.10. The molecule has 0 saturated heterocycles. The van der Waals surface area contributed by atoms with Gasteiger partial charge in [0, 0.05) is 32.0 Å². The summed E-state index contributed by atoms with van der Waals surface area (Å²) in [6.45, 7) is 8.34. The normalized spacial score (nSPS) is 12.6. The van der Waals surface area contributed by atoms with Gasteiger partial charge in [0.1, 0.15) is 18.1 Å². The van der Waals surface area contributed by atoms with Crippen LogP contribution >= 0.6 is 0 Å². The number of guanidine groups is 1. The van der Waals surface area contributed by atoms with Crippen molar-refractivity contribution < 1.29 is 9.84 Å². The molecule has 7 heteroatoms. The molecular formula is C26H35N5O2. The maximum atomic E-state index is 10.7. The number of aliphatic hydroxyl groups is 1. The van der Waals surface area contributed by atoms with Crippen molar-refractivity contribution >= 4 is 5.96 Å². The summed E-state index contributed by atoms with van der Waals surface area (Å²) in [6, 6.07) is 18.0. The van der Waals surface area contributed by atoms with Crippen molar-refractivity contribution in [3.8, 4) is 5.75 Å². The summed E-state index contributed by atoms with van der Waals surface area (Å²) in [7, 11) is 0. The zero-order valence-electron chi connectivity index (χ0n) is 19.7. The van der Waals surface area contributed by atoms with E-state index in [9.17, 15) is 5.11 Å². The van der Waals surface area contributed by atoms with Crippen molar-refractivity contribution in [2.75, 3.05) is 13.1 Å². The van der Waals surface area contributed by atoms with Crippen LogP contribution < -0.4 is 15.4 Å². The van der Waals surface area contributed by atoms with E-state index in [0.717, 1.165) is 36.6 Å². The van der Waals surface area contributed by atoms with Gasteiger partial charge in [-0.1, -0.05) is 42.5 Å². The molecule has 0 amide bonds. The zero-order chi connectivity index (χ0) is 23.5. The van der Waals surface area contributed by atoms with Gasteiger partial charge in [-0.2, -0.15) is 0 Å². The number of hydrogen-bond donors (Lipinski definition) is 3. The van der Waals surface area contributed by atoms with Gasteiger partial charge in [-0.3, -0.25) is 0 Å². The molecule has 0 aliphatic heterocycles. The van der Waals surface area contributed by atoms with Crippen molar-refractivity contribution in [3.05, 3.63) is 83.9 Å². The van der Waals surface area contributed by atoms with Crippen LogP contribution in [-0.4, -0.2) is 39.8 Å². The largest absolute Gasteiger partial charge is 0.491 e. The Kier molecular flexibility index (Phi) is 9.32. The minimum atomic E-state index is -0.683. The summed E-state index contributed by atoms with van der Waals surface area (Å²) < 4.78 is 7.87. The van der Waals surface area contributed by atoms with Gasteiger partial charge in [0.25, 0.3) is 0 Å². The Morgan fingerprint density at radius 3 is 2.70 bits per heavy atom. The molecule has 0 fully saturated rings. The van der Waals surface area contributed by atoms with Crippen molar-refractivity contribution in [2.45, 2.75) is 52.5 Å². The van der Waals surface area contributed by atoms with Crippen LogP contribution in [0.3, 0.4) is 0 Å². The molecule has 0 saturated carbocycles. The average molecular weight is 450 g/mol. The SMILES string of the molecule is CCNC(=NCc1nccn1CCc1ccccc1)NCC(O)c1cccc(OC(C)C)c1. The van der Waals surface area contributed by atoms with Crippen LogP contribution in [0.4, 0.5) is 0 Å². The van der Waals surface area contributed by atoms with Crippen LogP contribution in [0.15, 0.2) is 72.0 Å². The number of rotatable bonds is 11. The topological polar surface area (TPSA) is 83.7 Å².